The van der Waals surface area contributed by atoms with Crippen LogP contribution in [0.5, 0.6) is 5.75 Å². The Morgan fingerprint density at radius 2 is 1.79 bits per heavy atom. The molecule has 0 saturated heterocycles. The van der Waals surface area contributed by atoms with E-state index in [0.29, 0.717) is 16.6 Å². The number of aromatic hydroxyl groups is 1. The lowest BCUT2D eigenvalue weighted by molar-refractivity contribution is -0.0663. The summed E-state index contributed by atoms with van der Waals surface area (Å²) in [4.78, 5) is 4.87. The number of aryl methyl sites for hydroxylation is 1. The monoisotopic (exact) mass is 437 g/mol. The standard InChI is InChI=1S/C25H28BrNO/c1-17-2-4-21(5-3-17)25-12-18-8-19(13-25)11-24(10-18,15-25)16-27-14-20-9-22(26)6-7-23(20)28/h2-7,9,14,18-19,28H,8,10-13,15-16H2,1H3/t18-,19-,24?,25?/m1/s1. The van der Waals surface area contributed by atoms with E-state index in [1.165, 1.54) is 44.1 Å². The largest absolute Gasteiger partial charge is 0.507 e. The lowest BCUT2D eigenvalue weighted by atomic mass is 9.43. The van der Waals surface area contributed by atoms with E-state index in [0.717, 1.165) is 28.4 Å². The highest BCUT2D eigenvalue weighted by molar-refractivity contribution is 9.10. The summed E-state index contributed by atoms with van der Waals surface area (Å²) in [5.41, 5.74) is 4.41. The van der Waals surface area contributed by atoms with Gasteiger partial charge in [-0.2, -0.15) is 0 Å². The van der Waals surface area contributed by atoms with Crippen LogP contribution in [0.25, 0.3) is 0 Å². The fourth-order valence-corrected chi connectivity index (χ4v) is 7.23. The van der Waals surface area contributed by atoms with Crippen molar-refractivity contribution in [1.29, 1.82) is 0 Å². The fourth-order valence-electron chi connectivity index (χ4n) is 6.85. The first-order valence-corrected chi connectivity index (χ1v) is 11.3. The van der Waals surface area contributed by atoms with E-state index in [1.807, 2.05) is 18.3 Å². The summed E-state index contributed by atoms with van der Waals surface area (Å²) in [5, 5.41) is 10.1. The summed E-state index contributed by atoms with van der Waals surface area (Å²) in [6.45, 7) is 3.07. The van der Waals surface area contributed by atoms with Crippen LogP contribution in [0.3, 0.4) is 0 Å². The molecule has 0 aromatic heterocycles. The number of phenols is 1. The van der Waals surface area contributed by atoms with E-state index >= 15 is 0 Å². The highest BCUT2D eigenvalue weighted by Gasteiger charge is 2.57. The number of benzene rings is 2. The molecule has 4 aliphatic rings. The Bertz CT molecular complexity index is 903. The zero-order chi connectivity index (χ0) is 19.4. The first kappa shape index (κ1) is 18.4. The lowest BCUT2D eigenvalue weighted by Gasteiger charge is -2.62. The Hall–Kier alpha value is -1.61. The van der Waals surface area contributed by atoms with Crippen molar-refractivity contribution in [3.05, 3.63) is 63.6 Å². The van der Waals surface area contributed by atoms with Gasteiger partial charge in [0.15, 0.2) is 0 Å². The molecule has 146 valence electrons. The molecule has 2 aromatic carbocycles. The van der Waals surface area contributed by atoms with Crippen LogP contribution in [0.15, 0.2) is 51.9 Å². The van der Waals surface area contributed by atoms with E-state index < -0.39 is 0 Å². The van der Waals surface area contributed by atoms with Gasteiger partial charge < -0.3 is 5.11 Å². The molecule has 28 heavy (non-hydrogen) atoms. The minimum atomic E-state index is 0.300. The first-order chi connectivity index (χ1) is 13.5. The van der Waals surface area contributed by atoms with Gasteiger partial charge in [-0.1, -0.05) is 45.8 Å². The molecule has 0 spiro atoms. The molecule has 4 bridgehead atoms. The van der Waals surface area contributed by atoms with Crippen LogP contribution < -0.4 is 0 Å². The van der Waals surface area contributed by atoms with Crippen LogP contribution >= 0.6 is 15.9 Å². The summed E-state index contributed by atoms with van der Waals surface area (Å²) in [7, 11) is 0. The number of rotatable bonds is 4. The van der Waals surface area contributed by atoms with Crippen molar-refractivity contribution in [2.45, 2.75) is 50.9 Å². The van der Waals surface area contributed by atoms with Crippen LogP contribution in [0.4, 0.5) is 0 Å². The molecule has 0 aliphatic heterocycles. The minimum absolute atomic E-state index is 0.300. The predicted molar refractivity (Wildman–Crippen MR) is 118 cm³/mol. The normalized spacial score (nSPS) is 33.6. The molecule has 0 unspecified atom stereocenters. The molecular formula is C25H28BrNO. The molecule has 2 aromatic rings. The second-order valence-electron chi connectivity index (χ2n) is 9.78. The van der Waals surface area contributed by atoms with Gasteiger partial charge in [-0.05, 0) is 91.9 Å². The molecule has 2 atom stereocenters. The van der Waals surface area contributed by atoms with E-state index in [-0.39, 0.29) is 0 Å². The third-order valence-electron chi connectivity index (χ3n) is 7.49. The smallest absolute Gasteiger partial charge is 0.124 e. The Morgan fingerprint density at radius 3 is 2.50 bits per heavy atom. The summed E-state index contributed by atoms with van der Waals surface area (Å²) >= 11 is 3.48. The third-order valence-corrected chi connectivity index (χ3v) is 7.99. The molecule has 6 rings (SSSR count). The van der Waals surface area contributed by atoms with Crippen molar-refractivity contribution in [2.24, 2.45) is 22.2 Å². The molecule has 0 amide bonds. The van der Waals surface area contributed by atoms with Crippen molar-refractivity contribution in [2.75, 3.05) is 6.54 Å². The zero-order valence-electron chi connectivity index (χ0n) is 16.5. The highest BCUT2D eigenvalue weighted by Crippen LogP contribution is 2.65. The highest BCUT2D eigenvalue weighted by atomic mass is 79.9. The van der Waals surface area contributed by atoms with Crippen molar-refractivity contribution in [3.8, 4) is 5.75 Å². The average molecular weight is 438 g/mol. The van der Waals surface area contributed by atoms with Crippen LogP contribution in [-0.2, 0) is 5.41 Å². The Balaban J connectivity index is 1.41. The SMILES string of the molecule is Cc1ccc(C23C[C@@H]4C[C@H](CC(CN=Cc5cc(Br)ccc5O)(C4)C2)C3)cc1. The van der Waals surface area contributed by atoms with E-state index in [9.17, 15) is 5.11 Å². The van der Waals surface area contributed by atoms with Gasteiger partial charge in [0.25, 0.3) is 0 Å². The maximum absolute atomic E-state index is 10.1. The minimum Gasteiger partial charge on any atom is -0.507 e. The van der Waals surface area contributed by atoms with Gasteiger partial charge >= 0.3 is 0 Å². The fraction of sp³-hybridized carbons (Fsp3) is 0.480. The predicted octanol–water partition coefficient (Wildman–Crippen LogP) is 6.42. The Morgan fingerprint density at radius 1 is 1.07 bits per heavy atom. The molecule has 3 heteroatoms. The number of nitrogens with zero attached hydrogens (tertiary/aromatic N) is 1. The number of aliphatic imine (C=N–C) groups is 1. The second kappa shape index (κ2) is 6.73. The molecule has 4 aliphatic carbocycles. The zero-order valence-corrected chi connectivity index (χ0v) is 18.1. The number of hydrogen-bond acceptors (Lipinski definition) is 2. The quantitative estimate of drug-likeness (QED) is 0.549. The molecular weight excluding hydrogens is 410 g/mol. The molecule has 1 N–H and O–H groups in total. The van der Waals surface area contributed by atoms with E-state index in [2.05, 4.69) is 47.1 Å². The molecule has 4 saturated carbocycles. The van der Waals surface area contributed by atoms with Crippen LogP contribution in [-0.4, -0.2) is 17.9 Å². The summed E-state index contributed by atoms with van der Waals surface area (Å²) < 4.78 is 0.972. The van der Waals surface area contributed by atoms with Crippen molar-refractivity contribution in [3.63, 3.8) is 0 Å². The summed E-state index contributed by atoms with van der Waals surface area (Å²) in [6.07, 6.45) is 9.97. The van der Waals surface area contributed by atoms with Gasteiger partial charge in [0.1, 0.15) is 5.75 Å². The maximum atomic E-state index is 10.1. The second-order valence-corrected chi connectivity index (χ2v) is 10.7. The van der Waals surface area contributed by atoms with Crippen LogP contribution in [0.1, 0.15) is 55.2 Å². The first-order valence-electron chi connectivity index (χ1n) is 10.5. The van der Waals surface area contributed by atoms with Crippen molar-refractivity contribution < 1.29 is 5.11 Å². The Kier molecular flexibility index (Phi) is 4.42. The summed E-state index contributed by atoms with van der Waals surface area (Å²) in [5.74, 6) is 2.02. The van der Waals surface area contributed by atoms with Crippen molar-refractivity contribution >= 4 is 22.1 Å². The van der Waals surface area contributed by atoms with Gasteiger partial charge in [0, 0.05) is 22.8 Å². The molecule has 0 heterocycles. The van der Waals surface area contributed by atoms with Gasteiger partial charge in [-0.15, -0.1) is 0 Å². The molecule has 0 radical (unpaired) electrons. The van der Waals surface area contributed by atoms with Gasteiger partial charge in [-0.25, -0.2) is 0 Å². The third kappa shape index (κ3) is 3.22. The lowest BCUT2D eigenvalue weighted by Crippen LogP contribution is -2.55. The number of halogens is 1. The van der Waals surface area contributed by atoms with Crippen LogP contribution in [0, 0.1) is 24.2 Å². The van der Waals surface area contributed by atoms with Gasteiger partial charge in [0.2, 0.25) is 0 Å². The van der Waals surface area contributed by atoms with Crippen molar-refractivity contribution in [1.82, 2.24) is 0 Å². The van der Waals surface area contributed by atoms with Gasteiger partial charge in [-0.3, -0.25) is 4.99 Å². The van der Waals surface area contributed by atoms with E-state index in [1.54, 1.807) is 11.6 Å². The number of hydrogen-bond donors (Lipinski definition) is 1. The molecule has 2 nitrogen and oxygen atoms in total. The summed E-state index contributed by atoms with van der Waals surface area (Å²) in [6, 6.07) is 14.9. The average Bonchev–Trinajstić information content (AvgIpc) is 2.64. The van der Waals surface area contributed by atoms with Gasteiger partial charge in [0.05, 0.1) is 0 Å². The number of phenolic OH excluding ortho intramolecular Hbond substituents is 1. The molecule has 4 fully saturated rings. The van der Waals surface area contributed by atoms with E-state index in [4.69, 9.17) is 4.99 Å². The Labute approximate surface area is 176 Å². The van der Waals surface area contributed by atoms with Crippen LogP contribution in [0.2, 0.25) is 0 Å². The maximum Gasteiger partial charge on any atom is 0.124 e. The topological polar surface area (TPSA) is 32.6 Å².